The Balaban J connectivity index is 1.61. The van der Waals surface area contributed by atoms with E-state index >= 15 is 0 Å². The molecule has 0 bridgehead atoms. The highest BCUT2D eigenvalue weighted by atomic mass is 16.2. The van der Waals surface area contributed by atoms with Crippen LogP contribution in [0, 0.1) is 18.8 Å². The van der Waals surface area contributed by atoms with E-state index in [1.165, 1.54) is 12.3 Å². The van der Waals surface area contributed by atoms with Gasteiger partial charge in [0.1, 0.15) is 0 Å². The molecule has 2 aliphatic heterocycles. The zero-order chi connectivity index (χ0) is 21.4. The van der Waals surface area contributed by atoms with Crippen LogP contribution in [0.3, 0.4) is 0 Å². The molecular weight excluding hydrogens is 380 g/mol. The Bertz CT molecular complexity index is 995. The molecule has 2 aromatic rings. The summed E-state index contributed by atoms with van der Waals surface area (Å²) in [5.41, 5.74) is 2.59. The molecular formula is C23H28N4O3. The Morgan fingerprint density at radius 1 is 1.10 bits per heavy atom. The number of benzene rings is 1. The lowest BCUT2D eigenvalue weighted by Crippen LogP contribution is -2.41. The second-order valence-electron chi connectivity index (χ2n) is 8.66. The number of pyridine rings is 1. The number of carbonyl (C=O) groups is 2. The molecule has 2 fully saturated rings. The molecule has 0 unspecified atom stereocenters. The maximum absolute atomic E-state index is 13.0. The third-order valence-electron chi connectivity index (χ3n) is 6.26. The molecule has 1 N–H and O–H groups in total. The molecule has 3 heterocycles. The van der Waals surface area contributed by atoms with Gasteiger partial charge in [0, 0.05) is 43.7 Å². The molecule has 0 spiro atoms. The Labute approximate surface area is 176 Å². The van der Waals surface area contributed by atoms with E-state index in [1.807, 2.05) is 40.9 Å². The molecule has 2 amide bonds. The number of hydrogen-bond acceptors (Lipinski definition) is 4. The molecule has 2 saturated heterocycles. The minimum Gasteiger partial charge on any atom is -0.338 e. The Morgan fingerprint density at radius 2 is 1.87 bits per heavy atom. The maximum Gasteiger partial charge on any atom is 0.255 e. The molecule has 7 nitrogen and oxygen atoms in total. The van der Waals surface area contributed by atoms with Gasteiger partial charge in [-0.25, -0.2) is 0 Å². The molecule has 1 aromatic heterocycles. The summed E-state index contributed by atoms with van der Waals surface area (Å²) in [7, 11) is 3.81. The predicted molar refractivity (Wildman–Crippen MR) is 114 cm³/mol. The fourth-order valence-corrected chi connectivity index (χ4v) is 4.87. The highest BCUT2D eigenvalue weighted by Crippen LogP contribution is 2.46. The third kappa shape index (κ3) is 3.77. The zero-order valence-corrected chi connectivity index (χ0v) is 17.7. The van der Waals surface area contributed by atoms with Crippen molar-refractivity contribution in [3.8, 4) is 0 Å². The van der Waals surface area contributed by atoms with Crippen molar-refractivity contribution in [1.29, 1.82) is 0 Å². The number of rotatable bonds is 4. The van der Waals surface area contributed by atoms with E-state index in [0.29, 0.717) is 31.7 Å². The van der Waals surface area contributed by atoms with Gasteiger partial charge in [0.15, 0.2) is 0 Å². The number of carbonyl (C=O) groups excluding carboxylic acids is 2. The van der Waals surface area contributed by atoms with Crippen molar-refractivity contribution in [2.75, 3.05) is 40.3 Å². The average molecular weight is 409 g/mol. The Kier molecular flexibility index (Phi) is 5.47. The number of aromatic nitrogens is 1. The number of amides is 2. The van der Waals surface area contributed by atoms with E-state index in [1.54, 1.807) is 6.07 Å². The zero-order valence-electron chi connectivity index (χ0n) is 17.7. The standard InChI is InChI=1S/C23H28N4O3/c1-15-6-4-5-7-18(15)22-19-13-26(23(30)16-8-9-20(28)24-10-16)11-17(19)12-27(22)21(29)14-25(2)3/h4-10,17,19,22H,11-14H2,1-3H3,(H,24,28)/t17-,19-,22+/m1/s1. The largest absolute Gasteiger partial charge is 0.338 e. The van der Waals surface area contributed by atoms with Crippen molar-refractivity contribution in [1.82, 2.24) is 19.7 Å². The highest BCUT2D eigenvalue weighted by molar-refractivity contribution is 5.94. The van der Waals surface area contributed by atoms with E-state index < -0.39 is 0 Å². The molecule has 0 aliphatic carbocycles. The van der Waals surface area contributed by atoms with Crippen LogP contribution in [0.5, 0.6) is 0 Å². The lowest BCUT2D eigenvalue weighted by atomic mass is 9.87. The predicted octanol–water partition coefficient (Wildman–Crippen LogP) is 1.52. The van der Waals surface area contributed by atoms with Crippen LogP contribution < -0.4 is 5.56 Å². The van der Waals surface area contributed by atoms with Crippen molar-refractivity contribution in [3.63, 3.8) is 0 Å². The SMILES string of the molecule is Cc1ccccc1[C@H]1[C@@H]2CN(C(=O)c3ccc(=O)[nH]c3)C[C@@H]2CN1C(=O)CN(C)C. The number of likely N-dealkylation sites (N-methyl/N-ethyl adjacent to an activating group) is 1. The Hall–Kier alpha value is -2.93. The van der Waals surface area contributed by atoms with Gasteiger partial charge >= 0.3 is 0 Å². The summed E-state index contributed by atoms with van der Waals surface area (Å²) in [5, 5.41) is 0. The summed E-state index contributed by atoms with van der Waals surface area (Å²) in [6, 6.07) is 11.1. The average Bonchev–Trinajstić information content (AvgIpc) is 3.26. The number of aromatic amines is 1. The monoisotopic (exact) mass is 408 g/mol. The molecule has 3 atom stereocenters. The quantitative estimate of drug-likeness (QED) is 0.832. The summed E-state index contributed by atoms with van der Waals surface area (Å²) in [6.45, 7) is 4.34. The van der Waals surface area contributed by atoms with Crippen LogP contribution in [-0.2, 0) is 4.79 Å². The first-order chi connectivity index (χ1) is 14.3. The Morgan fingerprint density at radius 3 is 2.53 bits per heavy atom. The molecule has 7 heteroatoms. The van der Waals surface area contributed by atoms with Crippen molar-refractivity contribution < 1.29 is 9.59 Å². The van der Waals surface area contributed by atoms with E-state index in [0.717, 1.165) is 11.1 Å². The summed E-state index contributed by atoms with van der Waals surface area (Å²) in [6.07, 6.45) is 1.48. The molecule has 30 heavy (non-hydrogen) atoms. The van der Waals surface area contributed by atoms with Gasteiger partial charge in [-0.3, -0.25) is 14.4 Å². The molecule has 2 aliphatic rings. The van der Waals surface area contributed by atoms with Crippen LogP contribution in [0.25, 0.3) is 0 Å². The molecule has 0 saturated carbocycles. The van der Waals surface area contributed by atoms with Crippen LogP contribution in [0.2, 0.25) is 0 Å². The van der Waals surface area contributed by atoms with Crippen molar-refractivity contribution >= 4 is 11.8 Å². The highest BCUT2D eigenvalue weighted by Gasteiger charge is 2.50. The van der Waals surface area contributed by atoms with Gasteiger partial charge in [-0.15, -0.1) is 0 Å². The maximum atomic E-state index is 13.0. The molecule has 1 aromatic carbocycles. The number of fused-ring (bicyclic) bond motifs is 1. The normalized spacial score (nSPS) is 23.1. The molecule has 4 rings (SSSR count). The number of nitrogens with one attached hydrogen (secondary N) is 1. The second-order valence-corrected chi connectivity index (χ2v) is 8.66. The molecule has 0 radical (unpaired) electrons. The summed E-state index contributed by atoms with van der Waals surface area (Å²) in [4.78, 5) is 45.7. The third-order valence-corrected chi connectivity index (χ3v) is 6.26. The number of H-pyrrole nitrogens is 1. The van der Waals surface area contributed by atoms with Crippen LogP contribution in [0.1, 0.15) is 27.5 Å². The number of likely N-dealkylation sites (tertiary alicyclic amines) is 2. The first kappa shape index (κ1) is 20.3. The fraction of sp³-hybridized carbons (Fsp3) is 0.435. The van der Waals surface area contributed by atoms with Gasteiger partial charge < -0.3 is 19.7 Å². The van der Waals surface area contributed by atoms with Crippen molar-refractivity contribution in [3.05, 3.63) is 69.6 Å². The number of aryl methyl sites for hydroxylation is 1. The lowest BCUT2D eigenvalue weighted by Gasteiger charge is -2.31. The first-order valence-electron chi connectivity index (χ1n) is 10.3. The molecule has 158 valence electrons. The van der Waals surface area contributed by atoms with Crippen LogP contribution in [0.4, 0.5) is 0 Å². The summed E-state index contributed by atoms with van der Waals surface area (Å²) >= 11 is 0. The topological polar surface area (TPSA) is 76.7 Å². The van der Waals surface area contributed by atoms with Gasteiger partial charge in [0.25, 0.3) is 5.91 Å². The van der Waals surface area contributed by atoms with Gasteiger partial charge in [0.05, 0.1) is 18.2 Å². The van der Waals surface area contributed by atoms with Crippen LogP contribution >= 0.6 is 0 Å². The van der Waals surface area contributed by atoms with E-state index in [-0.39, 0.29) is 35.3 Å². The van der Waals surface area contributed by atoms with Gasteiger partial charge in [-0.05, 0) is 38.2 Å². The van der Waals surface area contributed by atoms with E-state index in [9.17, 15) is 14.4 Å². The summed E-state index contributed by atoms with van der Waals surface area (Å²) in [5.74, 6) is 0.493. The minimum atomic E-state index is -0.223. The van der Waals surface area contributed by atoms with Crippen LogP contribution in [-0.4, -0.2) is 71.8 Å². The van der Waals surface area contributed by atoms with E-state index in [4.69, 9.17) is 0 Å². The number of hydrogen-bond donors (Lipinski definition) is 1. The second kappa shape index (κ2) is 8.07. The minimum absolute atomic E-state index is 0.0305. The van der Waals surface area contributed by atoms with Crippen LogP contribution in [0.15, 0.2) is 47.4 Å². The van der Waals surface area contributed by atoms with Crippen molar-refractivity contribution in [2.24, 2.45) is 11.8 Å². The smallest absolute Gasteiger partial charge is 0.255 e. The van der Waals surface area contributed by atoms with Gasteiger partial charge in [-0.2, -0.15) is 0 Å². The lowest BCUT2D eigenvalue weighted by molar-refractivity contribution is -0.133. The van der Waals surface area contributed by atoms with Gasteiger partial charge in [-0.1, -0.05) is 24.3 Å². The van der Waals surface area contributed by atoms with Gasteiger partial charge in [0.2, 0.25) is 11.5 Å². The fourth-order valence-electron chi connectivity index (χ4n) is 4.87. The number of nitrogens with zero attached hydrogens (tertiary/aromatic N) is 3. The van der Waals surface area contributed by atoms with Crippen molar-refractivity contribution in [2.45, 2.75) is 13.0 Å². The first-order valence-corrected chi connectivity index (χ1v) is 10.3. The van der Waals surface area contributed by atoms with E-state index in [2.05, 4.69) is 24.0 Å². The summed E-state index contributed by atoms with van der Waals surface area (Å²) < 4.78 is 0.